The first kappa shape index (κ1) is 29.0. The highest BCUT2D eigenvalue weighted by molar-refractivity contribution is 7.85. The van der Waals surface area contributed by atoms with Gasteiger partial charge in [-0.3, -0.25) is 0 Å². The van der Waals surface area contributed by atoms with Crippen LogP contribution in [-0.4, -0.2) is 48.7 Å². The number of carbonyl (C=O) groups is 1. The van der Waals surface area contributed by atoms with Crippen LogP contribution in [0.3, 0.4) is 0 Å². The summed E-state index contributed by atoms with van der Waals surface area (Å²) in [6.07, 6.45) is 17.9. The number of aromatic carboxylic acids is 1. The number of rotatable bonds is 14. The normalized spacial score (nSPS) is 11.6. The number of benzene rings is 1. The van der Waals surface area contributed by atoms with E-state index in [0.717, 1.165) is 24.3 Å². The van der Waals surface area contributed by atoms with Gasteiger partial charge in [0.1, 0.15) is 10.1 Å². The van der Waals surface area contributed by atoms with Crippen molar-refractivity contribution < 1.29 is 22.9 Å². The second-order valence-corrected chi connectivity index (χ2v) is 13.8. The Hall–Kier alpha value is -0.970. The van der Waals surface area contributed by atoms with E-state index in [1.165, 1.54) is 51.4 Å². The third-order valence-electron chi connectivity index (χ3n) is 5.33. The van der Waals surface area contributed by atoms with E-state index in [9.17, 15) is 17.8 Å². The highest BCUT2D eigenvalue weighted by atomic mass is 32.2. The Balaban J connectivity index is 0.000000579. The molecule has 1 rings (SSSR count). The first-order valence-corrected chi connectivity index (χ1v) is 15.2. The third kappa shape index (κ3) is 12.0. The average molecular weight is 461 g/mol. The first-order valence-electron chi connectivity index (χ1n) is 11.3. The molecule has 0 radical (unpaired) electrons. The van der Waals surface area contributed by atoms with Gasteiger partial charge in [-0.15, -0.1) is 0 Å². The van der Waals surface area contributed by atoms with Gasteiger partial charge in [0.05, 0.1) is 35.1 Å². The lowest BCUT2D eigenvalue weighted by Crippen LogP contribution is -2.12. The highest BCUT2D eigenvalue weighted by Crippen LogP contribution is 2.61. The van der Waals surface area contributed by atoms with Crippen LogP contribution in [0.25, 0.3) is 0 Å². The summed E-state index contributed by atoms with van der Waals surface area (Å²) in [4.78, 5) is 9.90. The molecule has 0 aliphatic carbocycles. The first-order chi connectivity index (χ1) is 14.2. The highest BCUT2D eigenvalue weighted by Gasteiger charge is 2.34. The van der Waals surface area contributed by atoms with Crippen molar-refractivity contribution in [1.29, 1.82) is 0 Å². The molecule has 1 aromatic rings. The Morgan fingerprint density at radius 2 is 1.13 bits per heavy atom. The monoisotopic (exact) mass is 460 g/mol. The van der Waals surface area contributed by atoms with E-state index in [1.807, 2.05) is 0 Å². The van der Waals surface area contributed by atoms with E-state index in [0.29, 0.717) is 0 Å². The second kappa shape index (κ2) is 15.8. The largest absolute Gasteiger partial charge is 0.744 e. The molecule has 174 valence electrons. The van der Waals surface area contributed by atoms with Gasteiger partial charge in [0.15, 0.2) is 0 Å². The van der Waals surface area contributed by atoms with Gasteiger partial charge < -0.3 is 9.66 Å². The summed E-state index contributed by atoms with van der Waals surface area (Å²) >= 11 is 0. The Bertz CT molecular complexity index is 649. The number of hydrogen-bond donors (Lipinski definition) is 1. The molecule has 0 fully saturated rings. The molecule has 30 heavy (non-hydrogen) atoms. The predicted molar refractivity (Wildman–Crippen MR) is 127 cm³/mol. The minimum Gasteiger partial charge on any atom is -0.744 e. The van der Waals surface area contributed by atoms with Crippen LogP contribution in [0.2, 0.25) is 0 Å². The van der Waals surface area contributed by atoms with Crippen molar-refractivity contribution in [3.8, 4) is 0 Å². The fraction of sp³-hybridized carbons (Fsp3) is 0.696. The smallest absolute Gasteiger partial charge is 0.335 e. The van der Waals surface area contributed by atoms with Crippen molar-refractivity contribution in [1.82, 2.24) is 0 Å². The molecule has 0 aliphatic rings. The van der Waals surface area contributed by atoms with Crippen molar-refractivity contribution in [2.45, 2.75) is 84.0 Å². The molecule has 0 unspecified atom stereocenters. The minimum atomic E-state index is -4.49. The molecule has 0 aliphatic heterocycles. The summed E-state index contributed by atoms with van der Waals surface area (Å²) in [5.74, 6) is -1.17. The fourth-order valence-corrected chi connectivity index (χ4v) is 9.17. The van der Waals surface area contributed by atoms with Crippen molar-refractivity contribution >= 4 is 23.3 Å². The van der Waals surface area contributed by atoms with Gasteiger partial charge in [0.2, 0.25) is 0 Å². The number of unbranched alkanes of at least 4 members (excludes halogenated alkanes) is 4. The molecule has 1 aromatic carbocycles. The predicted octanol–water partition coefficient (Wildman–Crippen LogP) is 6.49. The van der Waals surface area contributed by atoms with Crippen LogP contribution < -0.4 is 0 Å². The second-order valence-electron chi connectivity index (χ2n) is 7.93. The van der Waals surface area contributed by atoms with Crippen molar-refractivity contribution in [3.05, 3.63) is 29.8 Å². The Morgan fingerprint density at radius 3 is 1.37 bits per heavy atom. The zero-order valence-corrected chi connectivity index (χ0v) is 20.9. The van der Waals surface area contributed by atoms with Crippen LogP contribution in [0.5, 0.6) is 0 Å². The van der Waals surface area contributed by atoms with E-state index in [-0.39, 0.29) is 5.56 Å². The molecule has 0 heterocycles. The lowest BCUT2D eigenvalue weighted by Gasteiger charge is -2.28. The quantitative estimate of drug-likeness (QED) is 0.253. The molecule has 0 saturated heterocycles. The zero-order chi connectivity index (χ0) is 23.0. The van der Waals surface area contributed by atoms with Crippen LogP contribution >= 0.6 is 7.26 Å². The van der Waals surface area contributed by atoms with Gasteiger partial charge in [-0.05, 0) is 49.9 Å². The molecule has 0 atom stereocenters. The summed E-state index contributed by atoms with van der Waals surface area (Å²) in [6.45, 7) is 9.42. The van der Waals surface area contributed by atoms with Crippen LogP contribution in [0.15, 0.2) is 29.2 Å². The van der Waals surface area contributed by atoms with Crippen LogP contribution in [0, 0.1) is 0 Å². The van der Waals surface area contributed by atoms with Crippen LogP contribution in [-0.2, 0) is 10.1 Å². The topological polar surface area (TPSA) is 94.5 Å². The fourth-order valence-electron chi connectivity index (χ4n) is 3.41. The molecule has 0 spiro atoms. The molecular formula is C23H41O5PS. The molecule has 5 nitrogen and oxygen atoms in total. The Labute approximate surface area is 184 Å². The lowest BCUT2D eigenvalue weighted by atomic mass is 10.2. The number of hydrogen-bond acceptors (Lipinski definition) is 4. The van der Waals surface area contributed by atoms with E-state index >= 15 is 0 Å². The maximum Gasteiger partial charge on any atom is 0.335 e. The molecule has 0 aromatic heterocycles. The summed E-state index contributed by atoms with van der Waals surface area (Å²) in [7, 11) is -5.05. The molecular weight excluding hydrogens is 419 g/mol. The molecule has 7 heteroatoms. The average Bonchev–Trinajstić information content (AvgIpc) is 2.72. The van der Waals surface area contributed by atoms with Crippen molar-refractivity contribution in [2.24, 2.45) is 0 Å². The summed E-state index contributed by atoms with van der Waals surface area (Å²) in [5, 5.41) is 8.45. The SMILES string of the molecule is CCCC[P+](CCCC)(CCCC)CCCC.O=C(O)c1ccc(S(=O)(=O)[O-])cc1. The van der Waals surface area contributed by atoms with E-state index in [1.54, 1.807) is 24.6 Å². The Morgan fingerprint density at radius 1 is 0.800 bits per heavy atom. The molecule has 0 saturated carbocycles. The lowest BCUT2D eigenvalue weighted by molar-refractivity contribution is 0.0696. The van der Waals surface area contributed by atoms with Crippen LogP contribution in [0.1, 0.15) is 89.4 Å². The van der Waals surface area contributed by atoms with Gasteiger partial charge in [-0.2, -0.15) is 0 Å². The summed E-state index contributed by atoms with van der Waals surface area (Å²) in [5.41, 5.74) is -0.0626. The van der Waals surface area contributed by atoms with Gasteiger partial charge in [0.25, 0.3) is 0 Å². The molecule has 1 N–H and O–H groups in total. The maximum absolute atomic E-state index is 10.4. The Kier molecular flexibility index (Phi) is 15.3. The van der Waals surface area contributed by atoms with Gasteiger partial charge in [-0.25, -0.2) is 13.2 Å². The van der Waals surface area contributed by atoms with Crippen LogP contribution in [0.4, 0.5) is 0 Å². The minimum absolute atomic E-state index is 0.0626. The maximum atomic E-state index is 10.4. The number of carboxylic acids is 1. The molecule has 0 bridgehead atoms. The zero-order valence-electron chi connectivity index (χ0n) is 19.2. The van der Waals surface area contributed by atoms with Crippen molar-refractivity contribution in [3.63, 3.8) is 0 Å². The summed E-state index contributed by atoms with van der Waals surface area (Å²) in [6, 6.07) is 4.05. The third-order valence-corrected chi connectivity index (χ3v) is 11.2. The van der Waals surface area contributed by atoms with E-state index in [4.69, 9.17) is 5.11 Å². The van der Waals surface area contributed by atoms with Gasteiger partial charge in [0, 0.05) is 7.26 Å². The van der Waals surface area contributed by atoms with Gasteiger partial charge >= 0.3 is 5.97 Å². The standard InChI is InChI=1S/C16H36P.C7H6O5S/c1-5-9-13-17(14-10-6-2,15-11-7-3)16-12-8-4;8-7(9)5-1-3-6(4-2-5)13(10,11)12/h5-16H2,1-4H3;1-4H,(H,8,9)(H,10,11,12)/q+1;/p-1. The number of carboxylic acid groups (broad SMARTS) is 1. The van der Waals surface area contributed by atoms with E-state index in [2.05, 4.69) is 27.7 Å². The van der Waals surface area contributed by atoms with Gasteiger partial charge in [-0.1, -0.05) is 53.4 Å². The van der Waals surface area contributed by atoms with E-state index < -0.39 is 28.2 Å². The van der Waals surface area contributed by atoms with Crippen molar-refractivity contribution in [2.75, 3.05) is 24.6 Å². The summed E-state index contributed by atoms with van der Waals surface area (Å²) < 4.78 is 31.2. The molecule has 0 amide bonds.